The first-order valence-corrected chi connectivity index (χ1v) is 11.4. The quantitative estimate of drug-likeness (QED) is 0.695. The fourth-order valence-electron chi connectivity index (χ4n) is 4.29. The van der Waals surface area contributed by atoms with Crippen molar-refractivity contribution in [1.29, 1.82) is 0 Å². The summed E-state index contributed by atoms with van der Waals surface area (Å²) in [5, 5.41) is 2.62. The number of benzene rings is 2. The topological polar surface area (TPSA) is 88.2 Å². The van der Waals surface area contributed by atoms with Crippen molar-refractivity contribution in [3.8, 4) is 0 Å². The monoisotopic (exact) mass is 469 g/mol. The highest BCUT2D eigenvalue weighted by Gasteiger charge is 2.33. The van der Waals surface area contributed by atoms with E-state index in [0.717, 1.165) is 5.56 Å². The van der Waals surface area contributed by atoms with Crippen molar-refractivity contribution >= 4 is 23.8 Å². The minimum absolute atomic E-state index is 0.0229. The minimum atomic E-state index is -0.565. The van der Waals surface area contributed by atoms with E-state index in [0.29, 0.717) is 37.2 Å². The lowest BCUT2D eigenvalue weighted by Crippen LogP contribution is -2.38. The van der Waals surface area contributed by atoms with Gasteiger partial charge >= 0.3 is 12.2 Å². The van der Waals surface area contributed by atoms with Gasteiger partial charge in [-0.05, 0) is 42.0 Å². The first-order chi connectivity index (χ1) is 16.4. The van der Waals surface area contributed by atoms with Crippen molar-refractivity contribution in [2.45, 2.75) is 38.4 Å². The van der Waals surface area contributed by atoms with Gasteiger partial charge in [-0.15, -0.1) is 0 Å². The summed E-state index contributed by atoms with van der Waals surface area (Å²) in [7, 11) is 0. The van der Waals surface area contributed by atoms with Crippen LogP contribution in [-0.4, -0.2) is 55.3 Å². The number of ether oxygens (including phenoxy) is 2. The summed E-state index contributed by atoms with van der Waals surface area (Å²) in [5.74, 6) is -0.619. The summed E-state index contributed by atoms with van der Waals surface area (Å²) >= 11 is 0. The van der Waals surface area contributed by atoms with Crippen molar-refractivity contribution in [2.75, 3.05) is 31.1 Å². The standard InChI is InChI=1S/C25H28FN3O5/c1-17(30)27-14-21-15-29(25(32)34-21)20-7-8-22(23(26)13-20)19-9-11-28(12-10-19)24(31)33-16-18-5-3-2-4-6-18/h2-8,13,19,21H,9-12,14-16H2,1H3,(H,27,30)/t21-/m0/s1. The lowest BCUT2D eigenvalue weighted by molar-refractivity contribution is -0.119. The fraction of sp³-hybridized carbons (Fsp3) is 0.400. The Morgan fingerprint density at radius 3 is 2.56 bits per heavy atom. The molecule has 0 aliphatic carbocycles. The molecule has 2 fully saturated rings. The molecule has 2 saturated heterocycles. The van der Waals surface area contributed by atoms with Gasteiger partial charge in [0.1, 0.15) is 18.5 Å². The van der Waals surface area contributed by atoms with E-state index >= 15 is 0 Å². The largest absolute Gasteiger partial charge is 0.445 e. The van der Waals surface area contributed by atoms with Crippen LogP contribution in [0.3, 0.4) is 0 Å². The Balaban J connectivity index is 1.30. The van der Waals surface area contributed by atoms with Crippen molar-refractivity contribution in [2.24, 2.45) is 0 Å². The van der Waals surface area contributed by atoms with Crippen molar-refractivity contribution in [1.82, 2.24) is 10.2 Å². The van der Waals surface area contributed by atoms with E-state index in [4.69, 9.17) is 9.47 Å². The zero-order valence-corrected chi connectivity index (χ0v) is 19.0. The second-order valence-corrected chi connectivity index (χ2v) is 8.56. The maximum Gasteiger partial charge on any atom is 0.414 e. The lowest BCUT2D eigenvalue weighted by Gasteiger charge is -2.31. The van der Waals surface area contributed by atoms with Gasteiger partial charge in [0, 0.05) is 20.0 Å². The SMILES string of the molecule is CC(=O)NC[C@H]1CN(c2ccc(C3CCN(C(=O)OCc4ccccc4)CC3)c(F)c2)C(=O)O1. The van der Waals surface area contributed by atoms with Crippen molar-refractivity contribution in [3.05, 3.63) is 65.5 Å². The van der Waals surface area contributed by atoms with E-state index in [-0.39, 0.29) is 43.4 Å². The van der Waals surface area contributed by atoms with Gasteiger partial charge in [-0.2, -0.15) is 0 Å². The Morgan fingerprint density at radius 2 is 1.88 bits per heavy atom. The van der Waals surface area contributed by atoms with Crippen molar-refractivity contribution < 1.29 is 28.2 Å². The van der Waals surface area contributed by atoms with Crippen LogP contribution >= 0.6 is 0 Å². The Bertz CT molecular complexity index is 1040. The van der Waals surface area contributed by atoms with Crippen LogP contribution in [0.1, 0.15) is 36.8 Å². The molecule has 0 saturated carbocycles. The van der Waals surface area contributed by atoms with Crippen LogP contribution in [0, 0.1) is 5.82 Å². The molecular weight excluding hydrogens is 441 g/mol. The number of likely N-dealkylation sites (tertiary alicyclic amines) is 1. The van der Waals surface area contributed by atoms with Gasteiger partial charge in [-0.3, -0.25) is 9.69 Å². The molecule has 4 rings (SSSR count). The Labute approximate surface area is 197 Å². The predicted molar refractivity (Wildman–Crippen MR) is 123 cm³/mol. The number of halogens is 1. The molecule has 2 aliphatic rings. The highest BCUT2D eigenvalue weighted by Crippen LogP contribution is 2.33. The van der Waals surface area contributed by atoms with Gasteiger partial charge in [-0.1, -0.05) is 36.4 Å². The van der Waals surface area contributed by atoms with Crippen LogP contribution in [0.5, 0.6) is 0 Å². The summed E-state index contributed by atoms with van der Waals surface area (Å²) < 4.78 is 25.6. The van der Waals surface area contributed by atoms with E-state index in [1.54, 1.807) is 17.0 Å². The lowest BCUT2D eigenvalue weighted by atomic mass is 9.89. The number of carbonyl (C=O) groups excluding carboxylic acids is 3. The summed E-state index contributed by atoms with van der Waals surface area (Å²) in [6, 6.07) is 14.3. The third-order valence-corrected chi connectivity index (χ3v) is 6.15. The molecule has 1 N–H and O–H groups in total. The number of anilines is 1. The summed E-state index contributed by atoms with van der Waals surface area (Å²) in [6.45, 7) is 3.04. The average Bonchev–Trinajstić information content (AvgIpc) is 3.22. The molecule has 9 heteroatoms. The number of piperidine rings is 1. The third kappa shape index (κ3) is 5.65. The molecule has 2 aromatic rings. The van der Waals surface area contributed by atoms with E-state index in [2.05, 4.69) is 5.32 Å². The number of nitrogens with zero attached hydrogens (tertiary/aromatic N) is 2. The first-order valence-electron chi connectivity index (χ1n) is 11.4. The highest BCUT2D eigenvalue weighted by atomic mass is 19.1. The van der Waals surface area contributed by atoms with Crippen LogP contribution < -0.4 is 10.2 Å². The Morgan fingerprint density at radius 1 is 1.15 bits per heavy atom. The zero-order valence-electron chi connectivity index (χ0n) is 19.0. The van der Waals surface area contributed by atoms with E-state index in [1.807, 2.05) is 30.3 Å². The molecule has 0 unspecified atom stereocenters. The number of hydrogen-bond donors (Lipinski definition) is 1. The van der Waals surface area contributed by atoms with Gasteiger partial charge in [-0.25, -0.2) is 14.0 Å². The summed E-state index contributed by atoms with van der Waals surface area (Å²) in [4.78, 5) is 38.7. The summed E-state index contributed by atoms with van der Waals surface area (Å²) in [5.41, 5.74) is 1.91. The number of amides is 3. The molecule has 3 amide bonds. The van der Waals surface area contributed by atoms with Crippen LogP contribution in [0.2, 0.25) is 0 Å². The Hall–Kier alpha value is -3.62. The number of carbonyl (C=O) groups is 3. The van der Waals surface area contributed by atoms with Gasteiger partial charge in [0.15, 0.2) is 0 Å². The molecule has 1 atom stereocenters. The first kappa shape index (κ1) is 23.5. The molecule has 2 aromatic carbocycles. The molecule has 2 aliphatic heterocycles. The van der Waals surface area contributed by atoms with Crippen molar-refractivity contribution in [3.63, 3.8) is 0 Å². The van der Waals surface area contributed by atoms with E-state index < -0.39 is 12.2 Å². The van der Waals surface area contributed by atoms with Crippen LogP contribution in [-0.2, 0) is 20.9 Å². The molecule has 180 valence electrons. The van der Waals surface area contributed by atoms with Crippen LogP contribution in [0.25, 0.3) is 0 Å². The van der Waals surface area contributed by atoms with Gasteiger partial charge in [0.05, 0.1) is 18.8 Å². The number of cyclic esters (lactones) is 1. The highest BCUT2D eigenvalue weighted by molar-refractivity contribution is 5.89. The van der Waals surface area contributed by atoms with Gasteiger partial charge < -0.3 is 19.7 Å². The smallest absolute Gasteiger partial charge is 0.414 e. The molecule has 8 nitrogen and oxygen atoms in total. The molecule has 0 aromatic heterocycles. The second-order valence-electron chi connectivity index (χ2n) is 8.56. The molecular formula is C25H28FN3O5. The minimum Gasteiger partial charge on any atom is -0.445 e. The van der Waals surface area contributed by atoms with E-state index in [9.17, 15) is 18.8 Å². The van der Waals surface area contributed by atoms with E-state index in [1.165, 1.54) is 17.9 Å². The normalized spacial score (nSPS) is 18.5. The third-order valence-electron chi connectivity index (χ3n) is 6.15. The summed E-state index contributed by atoms with van der Waals surface area (Å²) in [6.07, 6.45) is -0.155. The van der Waals surface area contributed by atoms with Gasteiger partial charge in [0.25, 0.3) is 0 Å². The zero-order chi connectivity index (χ0) is 24.1. The van der Waals surface area contributed by atoms with Crippen LogP contribution in [0.15, 0.2) is 48.5 Å². The molecule has 0 spiro atoms. The molecule has 2 heterocycles. The molecule has 0 radical (unpaired) electrons. The fourth-order valence-corrected chi connectivity index (χ4v) is 4.29. The molecule has 0 bridgehead atoms. The number of nitrogens with one attached hydrogen (secondary N) is 1. The van der Waals surface area contributed by atoms with Crippen LogP contribution in [0.4, 0.5) is 19.7 Å². The molecule has 34 heavy (non-hydrogen) atoms. The maximum atomic E-state index is 15.0. The number of rotatable bonds is 6. The predicted octanol–water partition coefficient (Wildman–Crippen LogP) is 3.80. The van der Waals surface area contributed by atoms with Gasteiger partial charge in [0.2, 0.25) is 5.91 Å². The number of hydrogen-bond acceptors (Lipinski definition) is 5. The average molecular weight is 470 g/mol. The maximum absolute atomic E-state index is 15.0. The Kier molecular flexibility index (Phi) is 7.30. The second kappa shape index (κ2) is 10.5.